The number of benzene rings is 1. The zero-order valence-corrected chi connectivity index (χ0v) is 18.7. The number of imidazole rings is 1. The van der Waals surface area contributed by atoms with Gasteiger partial charge in [0.2, 0.25) is 5.91 Å². The van der Waals surface area contributed by atoms with Crippen LogP contribution in [0.2, 0.25) is 0 Å². The van der Waals surface area contributed by atoms with Gasteiger partial charge in [-0.05, 0) is 5.56 Å². The molecule has 4 aromatic rings. The maximum absolute atomic E-state index is 13.1. The van der Waals surface area contributed by atoms with Crippen molar-refractivity contribution in [1.82, 2.24) is 28.2 Å². The first-order valence-electron chi connectivity index (χ1n) is 10.2. The molecule has 0 unspecified atom stereocenters. The summed E-state index contributed by atoms with van der Waals surface area (Å²) in [6, 6.07) is 9.01. The van der Waals surface area contributed by atoms with Crippen LogP contribution in [0.4, 0.5) is 11.5 Å². The molecule has 4 rings (SSSR count). The summed E-state index contributed by atoms with van der Waals surface area (Å²) in [5, 5.41) is 0. The average molecular weight is 466 g/mol. The molecule has 0 spiro atoms. The fourth-order valence-electron chi connectivity index (χ4n) is 3.72. The molecule has 176 valence electrons. The van der Waals surface area contributed by atoms with Crippen LogP contribution in [-0.2, 0) is 32.0 Å². The maximum Gasteiger partial charge on any atom is 0.332 e. The van der Waals surface area contributed by atoms with Crippen molar-refractivity contribution in [3.05, 3.63) is 83.9 Å². The van der Waals surface area contributed by atoms with Crippen LogP contribution in [-0.4, -0.2) is 41.2 Å². The van der Waals surface area contributed by atoms with E-state index in [1.165, 1.54) is 36.6 Å². The van der Waals surface area contributed by atoms with Crippen molar-refractivity contribution in [3.63, 3.8) is 0 Å². The zero-order chi connectivity index (χ0) is 24.7. The summed E-state index contributed by atoms with van der Waals surface area (Å²) in [6.45, 7) is -0.273. The summed E-state index contributed by atoms with van der Waals surface area (Å²) in [5.41, 5.74) is 4.21. The number of nitrogens with zero attached hydrogens (tertiary/aromatic N) is 6. The molecule has 0 saturated heterocycles. The van der Waals surface area contributed by atoms with E-state index >= 15 is 0 Å². The van der Waals surface area contributed by atoms with Crippen LogP contribution in [0, 0.1) is 0 Å². The number of likely N-dealkylation sites (N-methyl/N-ethyl adjacent to an activating group) is 1. The Morgan fingerprint density at radius 1 is 1.09 bits per heavy atom. The summed E-state index contributed by atoms with van der Waals surface area (Å²) in [5.74, 6) is -0.778. The monoisotopic (exact) mass is 466 g/mol. The Balaban J connectivity index is 1.72. The van der Waals surface area contributed by atoms with E-state index in [-0.39, 0.29) is 35.8 Å². The number of nitrogens with one attached hydrogen (secondary N) is 1. The van der Waals surface area contributed by atoms with Gasteiger partial charge in [0, 0.05) is 21.1 Å². The number of carbonyl (C=O) groups is 1. The van der Waals surface area contributed by atoms with Crippen molar-refractivity contribution < 1.29 is 4.79 Å². The lowest BCUT2D eigenvalue weighted by molar-refractivity contribution is -0.118. The molecule has 1 aromatic carbocycles. The highest BCUT2D eigenvalue weighted by Crippen LogP contribution is 2.17. The Bertz CT molecular complexity index is 1660. The predicted octanol–water partition coefficient (Wildman–Crippen LogP) is -1.42. The van der Waals surface area contributed by atoms with Crippen LogP contribution in [0.3, 0.4) is 0 Å². The minimum Gasteiger partial charge on any atom is -0.383 e. The number of hydrogen-bond acceptors (Lipinski definition) is 7. The van der Waals surface area contributed by atoms with Crippen LogP contribution in [0.1, 0.15) is 5.56 Å². The number of fused-ring (bicyclic) bond motifs is 1. The van der Waals surface area contributed by atoms with Crippen LogP contribution in [0.5, 0.6) is 0 Å². The molecular weight excluding hydrogens is 444 g/mol. The van der Waals surface area contributed by atoms with Gasteiger partial charge in [-0.25, -0.2) is 14.6 Å². The highest BCUT2D eigenvalue weighted by Gasteiger charge is 2.23. The Morgan fingerprint density at radius 3 is 2.44 bits per heavy atom. The van der Waals surface area contributed by atoms with Gasteiger partial charge >= 0.3 is 11.4 Å². The second-order valence-corrected chi connectivity index (χ2v) is 7.77. The van der Waals surface area contributed by atoms with Crippen molar-refractivity contribution >= 4 is 28.6 Å². The number of nitrogen functional groups attached to an aromatic ring is 1. The number of H-pyrrole nitrogens is 1. The summed E-state index contributed by atoms with van der Waals surface area (Å²) < 4.78 is 4.56. The molecule has 0 aliphatic carbocycles. The molecule has 34 heavy (non-hydrogen) atoms. The summed E-state index contributed by atoms with van der Waals surface area (Å²) in [7, 11) is 4.13. The average Bonchev–Trinajstić information content (AvgIpc) is 3.23. The molecular formula is C21H22N8O5. The first-order chi connectivity index (χ1) is 16.1. The van der Waals surface area contributed by atoms with Crippen molar-refractivity contribution in [1.29, 1.82) is 0 Å². The predicted molar refractivity (Wildman–Crippen MR) is 125 cm³/mol. The Morgan fingerprint density at radius 2 is 1.76 bits per heavy atom. The van der Waals surface area contributed by atoms with Gasteiger partial charge in [0.15, 0.2) is 16.9 Å². The van der Waals surface area contributed by atoms with Gasteiger partial charge in [0.25, 0.3) is 11.1 Å². The van der Waals surface area contributed by atoms with Crippen LogP contribution in [0.15, 0.2) is 55.8 Å². The number of nitrogens with two attached hydrogens (primary N) is 1. The molecule has 1 amide bonds. The van der Waals surface area contributed by atoms with Gasteiger partial charge in [0.05, 0.1) is 12.9 Å². The third kappa shape index (κ3) is 3.62. The van der Waals surface area contributed by atoms with Crippen LogP contribution >= 0.6 is 0 Å². The van der Waals surface area contributed by atoms with E-state index in [4.69, 9.17) is 5.73 Å². The molecule has 13 heteroatoms. The summed E-state index contributed by atoms with van der Waals surface area (Å²) in [4.78, 5) is 70.0. The standard InChI is InChI=1S/C21H22N8O5/c1-25(13(30)10-28-11-23-17-15(28)19(32)27(3)21(34)26(17)2)14-16(22)29(20(33)24-18(14)31)9-12-7-5-4-6-8-12/h4-8,11H,9-10,22H2,1-3H3,(H,24,31,33). The minimum absolute atomic E-state index is 0.0577. The molecule has 0 radical (unpaired) electrons. The highest BCUT2D eigenvalue weighted by molar-refractivity contribution is 5.95. The van der Waals surface area contributed by atoms with Crippen molar-refractivity contribution in [2.24, 2.45) is 14.1 Å². The molecule has 0 saturated carbocycles. The van der Waals surface area contributed by atoms with Gasteiger partial charge < -0.3 is 15.2 Å². The van der Waals surface area contributed by atoms with Crippen LogP contribution < -0.4 is 33.1 Å². The molecule has 0 fully saturated rings. The smallest absolute Gasteiger partial charge is 0.332 e. The lowest BCUT2D eigenvalue weighted by Crippen LogP contribution is -2.41. The lowest BCUT2D eigenvalue weighted by atomic mass is 10.2. The molecule has 3 N–H and O–H groups in total. The third-order valence-electron chi connectivity index (χ3n) is 5.63. The third-order valence-corrected chi connectivity index (χ3v) is 5.63. The normalized spacial score (nSPS) is 11.1. The van der Waals surface area contributed by atoms with E-state index in [1.807, 2.05) is 6.07 Å². The molecule has 0 bridgehead atoms. The fourth-order valence-corrected chi connectivity index (χ4v) is 3.72. The number of hydrogen-bond donors (Lipinski definition) is 2. The first kappa shape index (κ1) is 22.5. The quantitative estimate of drug-likeness (QED) is 0.364. The SMILES string of the molecule is CN(C(=O)Cn1cnc2c1c(=O)n(C)c(=O)n2C)c1c(N)n(Cc2ccccc2)c(=O)[nH]c1=O. The Hall–Kier alpha value is -4.68. The molecule has 3 aromatic heterocycles. The summed E-state index contributed by atoms with van der Waals surface area (Å²) in [6.07, 6.45) is 1.27. The number of carbonyl (C=O) groups excluding carboxylic acids is 1. The van der Waals surface area contributed by atoms with E-state index in [9.17, 15) is 24.0 Å². The number of aromatic nitrogens is 6. The van der Waals surface area contributed by atoms with E-state index in [2.05, 4.69) is 9.97 Å². The number of aromatic amines is 1. The lowest BCUT2D eigenvalue weighted by Gasteiger charge is -2.20. The van der Waals surface area contributed by atoms with Gasteiger partial charge in [0.1, 0.15) is 12.4 Å². The molecule has 0 aliphatic rings. The number of aryl methyl sites for hydroxylation is 1. The maximum atomic E-state index is 13.1. The second kappa shape index (κ2) is 8.35. The van der Waals surface area contributed by atoms with E-state index < -0.39 is 28.4 Å². The molecule has 3 heterocycles. The Kier molecular flexibility index (Phi) is 5.53. The van der Waals surface area contributed by atoms with Gasteiger partial charge in [-0.3, -0.25) is 33.1 Å². The van der Waals surface area contributed by atoms with E-state index in [0.29, 0.717) is 0 Å². The number of anilines is 2. The highest BCUT2D eigenvalue weighted by atomic mass is 16.2. The number of amides is 1. The van der Waals surface area contributed by atoms with Gasteiger partial charge in [-0.1, -0.05) is 30.3 Å². The Labute approximate surface area is 190 Å². The van der Waals surface area contributed by atoms with Crippen molar-refractivity contribution in [2.45, 2.75) is 13.1 Å². The first-order valence-corrected chi connectivity index (χ1v) is 10.2. The van der Waals surface area contributed by atoms with E-state index in [0.717, 1.165) is 19.6 Å². The largest absolute Gasteiger partial charge is 0.383 e. The van der Waals surface area contributed by atoms with Gasteiger partial charge in [-0.2, -0.15) is 0 Å². The molecule has 0 atom stereocenters. The second-order valence-electron chi connectivity index (χ2n) is 7.77. The van der Waals surface area contributed by atoms with Crippen molar-refractivity contribution in [3.8, 4) is 0 Å². The van der Waals surface area contributed by atoms with Gasteiger partial charge in [-0.15, -0.1) is 0 Å². The van der Waals surface area contributed by atoms with Crippen molar-refractivity contribution in [2.75, 3.05) is 17.7 Å². The molecule has 13 nitrogen and oxygen atoms in total. The topological polar surface area (TPSA) is 163 Å². The molecule has 0 aliphatic heterocycles. The van der Waals surface area contributed by atoms with E-state index in [1.54, 1.807) is 24.3 Å². The number of rotatable bonds is 5. The zero-order valence-electron chi connectivity index (χ0n) is 18.7. The van der Waals surface area contributed by atoms with Crippen LogP contribution in [0.25, 0.3) is 11.2 Å². The fraction of sp³-hybridized carbons (Fsp3) is 0.238. The summed E-state index contributed by atoms with van der Waals surface area (Å²) >= 11 is 0. The minimum atomic E-state index is -0.823.